The van der Waals surface area contributed by atoms with Crippen LogP contribution >= 0.6 is 0 Å². The Hall–Kier alpha value is -2.21. The van der Waals surface area contributed by atoms with Gasteiger partial charge in [-0.15, -0.1) is 0 Å². The lowest BCUT2D eigenvalue weighted by Crippen LogP contribution is -2.45. The summed E-state index contributed by atoms with van der Waals surface area (Å²) < 4.78 is 1.92. The number of aromatic nitrogens is 2. The Balaban J connectivity index is 1.72. The second-order valence-electron chi connectivity index (χ2n) is 6.25. The number of Topliss-reactive ketones (excluding diaryl/α,β-unsaturated/α-hetero) is 1. The standard InChI is InChI=1S/C17H21N3O3/c1-11(20-7-5-12(6-8-20)17(22)23)16(21)13-3-4-15-14(9-13)18-10-19(15)2/h3-4,9-12H,5-8H2,1-2H3,(H,22,23). The van der Waals surface area contributed by atoms with Crippen LogP contribution in [-0.2, 0) is 11.8 Å². The third-order valence-electron chi connectivity index (χ3n) is 4.82. The van der Waals surface area contributed by atoms with E-state index >= 15 is 0 Å². The molecule has 3 rings (SSSR count). The van der Waals surface area contributed by atoms with E-state index in [4.69, 9.17) is 5.11 Å². The van der Waals surface area contributed by atoms with Gasteiger partial charge in [0.25, 0.3) is 0 Å². The number of piperidine rings is 1. The maximum absolute atomic E-state index is 12.7. The molecular weight excluding hydrogens is 294 g/mol. The van der Waals surface area contributed by atoms with Crippen molar-refractivity contribution in [1.29, 1.82) is 0 Å². The Morgan fingerprint density at radius 1 is 1.30 bits per heavy atom. The van der Waals surface area contributed by atoms with Gasteiger partial charge in [0, 0.05) is 12.6 Å². The van der Waals surface area contributed by atoms with Gasteiger partial charge in [0.05, 0.1) is 29.3 Å². The zero-order valence-electron chi connectivity index (χ0n) is 13.4. The maximum Gasteiger partial charge on any atom is 0.306 e. The van der Waals surface area contributed by atoms with Gasteiger partial charge in [-0.1, -0.05) is 0 Å². The van der Waals surface area contributed by atoms with Crippen molar-refractivity contribution in [2.75, 3.05) is 13.1 Å². The van der Waals surface area contributed by atoms with Crippen molar-refractivity contribution in [2.24, 2.45) is 13.0 Å². The number of benzene rings is 1. The molecule has 0 amide bonds. The lowest BCUT2D eigenvalue weighted by molar-refractivity contribution is -0.143. The van der Waals surface area contributed by atoms with Crippen LogP contribution in [-0.4, -0.2) is 50.4 Å². The first-order chi connectivity index (χ1) is 11.0. The molecule has 0 aliphatic carbocycles. The van der Waals surface area contributed by atoms with Crippen molar-refractivity contribution in [1.82, 2.24) is 14.5 Å². The Bertz CT molecular complexity index is 745. The number of carboxylic acids is 1. The van der Waals surface area contributed by atoms with E-state index in [-0.39, 0.29) is 17.7 Å². The summed E-state index contributed by atoms with van der Waals surface area (Å²) >= 11 is 0. The first-order valence-electron chi connectivity index (χ1n) is 7.89. The molecule has 1 aliphatic rings. The number of imidazole rings is 1. The number of hydrogen-bond donors (Lipinski definition) is 1. The molecule has 0 radical (unpaired) electrons. The first kappa shape index (κ1) is 15.7. The molecule has 1 saturated heterocycles. The molecular formula is C17H21N3O3. The predicted molar refractivity (Wildman–Crippen MR) is 86.4 cm³/mol. The third kappa shape index (κ3) is 2.99. The quantitative estimate of drug-likeness (QED) is 0.873. The molecule has 1 aromatic heterocycles. The molecule has 0 bridgehead atoms. The highest BCUT2D eigenvalue weighted by atomic mass is 16.4. The van der Waals surface area contributed by atoms with Gasteiger partial charge >= 0.3 is 5.97 Å². The lowest BCUT2D eigenvalue weighted by atomic mass is 9.94. The number of nitrogens with zero attached hydrogens (tertiary/aromatic N) is 3. The Kier molecular flexibility index (Phi) is 4.17. The summed E-state index contributed by atoms with van der Waals surface area (Å²) in [5, 5.41) is 9.06. The van der Waals surface area contributed by atoms with Gasteiger partial charge in [0.2, 0.25) is 0 Å². The highest BCUT2D eigenvalue weighted by molar-refractivity contribution is 6.02. The van der Waals surface area contributed by atoms with Crippen LogP contribution < -0.4 is 0 Å². The van der Waals surface area contributed by atoms with Crippen molar-refractivity contribution >= 4 is 22.8 Å². The highest BCUT2D eigenvalue weighted by Gasteiger charge is 2.30. The molecule has 1 aromatic carbocycles. The molecule has 122 valence electrons. The first-order valence-corrected chi connectivity index (χ1v) is 7.89. The highest BCUT2D eigenvalue weighted by Crippen LogP contribution is 2.22. The van der Waals surface area contributed by atoms with E-state index < -0.39 is 5.97 Å². The average molecular weight is 315 g/mol. The normalized spacial score (nSPS) is 18.2. The van der Waals surface area contributed by atoms with Gasteiger partial charge in [0.15, 0.2) is 5.78 Å². The Labute approximate surface area is 134 Å². The topological polar surface area (TPSA) is 75.4 Å². The molecule has 1 fully saturated rings. The van der Waals surface area contributed by atoms with Crippen LogP contribution in [0.4, 0.5) is 0 Å². The van der Waals surface area contributed by atoms with E-state index in [0.29, 0.717) is 31.5 Å². The van der Waals surface area contributed by atoms with Crippen LogP contribution in [0.3, 0.4) is 0 Å². The van der Waals surface area contributed by atoms with Crippen molar-refractivity contribution in [2.45, 2.75) is 25.8 Å². The van der Waals surface area contributed by atoms with Crippen molar-refractivity contribution in [3.63, 3.8) is 0 Å². The van der Waals surface area contributed by atoms with E-state index in [1.165, 1.54) is 0 Å². The summed E-state index contributed by atoms with van der Waals surface area (Å²) in [6, 6.07) is 5.34. The molecule has 6 nitrogen and oxygen atoms in total. The molecule has 0 saturated carbocycles. The zero-order valence-corrected chi connectivity index (χ0v) is 13.4. The van der Waals surface area contributed by atoms with Crippen LogP contribution in [0.2, 0.25) is 0 Å². The van der Waals surface area contributed by atoms with Gasteiger partial charge in [-0.2, -0.15) is 0 Å². The van der Waals surface area contributed by atoms with Crippen LogP contribution in [0.15, 0.2) is 24.5 Å². The minimum absolute atomic E-state index is 0.0614. The monoisotopic (exact) mass is 315 g/mol. The number of carbonyl (C=O) groups is 2. The van der Waals surface area contributed by atoms with Gasteiger partial charge < -0.3 is 9.67 Å². The zero-order chi connectivity index (χ0) is 16.6. The summed E-state index contributed by atoms with van der Waals surface area (Å²) in [6.07, 6.45) is 2.94. The van der Waals surface area contributed by atoms with Crippen molar-refractivity contribution in [3.8, 4) is 0 Å². The lowest BCUT2D eigenvalue weighted by Gasteiger charge is -2.33. The number of aryl methyl sites for hydroxylation is 1. The Morgan fingerprint density at radius 2 is 2.00 bits per heavy atom. The van der Waals surface area contributed by atoms with Gasteiger partial charge in [-0.05, 0) is 51.1 Å². The third-order valence-corrected chi connectivity index (χ3v) is 4.82. The molecule has 23 heavy (non-hydrogen) atoms. The minimum Gasteiger partial charge on any atom is -0.481 e. The van der Waals surface area contributed by atoms with E-state index in [1.807, 2.05) is 36.7 Å². The summed E-state index contributed by atoms with van der Waals surface area (Å²) in [5.74, 6) is -0.950. The molecule has 6 heteroatoms. The van der Waals surface area contributed by atoms with Crippen molar-refractivity contribution < 1.29 is 14.7 Å². The van der Waals surface area contributed by atoms with Crippen molar-refractivity contribution in [3.05, 3.63) is 30.1 Å². The van der Waals surface area contributed by atoms with E-state index in [2.05, 4.69) is 9.88 Å². The molecule has 1 atom stereocenters. The summed E-state index contributed by atoms with van der Waals surface area (Å²) in [5.41, 5.74) is 2.47. The number of carboxylic acid groups (broad SMARTS) is 1. The molecule has 0 spiro atoms. The van der Waals surface area contributed by atoms with Crippen LogP contribution in [0, 0.1) is 5.92 Å². The predicted octanol–water partition coefficient (Wildman–Crippen LogP) is 1.94. The summed E-state index contributed by atoms with van der Waals surface area (Å²) in [4.78, 5) is 30.1. The number of ketones is 1. The van der Waals surface area contributed by atoms with Crippen LogP contribution in [0.25, 0.3) is 11.0 Å². The SMILES string of the molecule is CC(C(=O)c1ccc2c(c1)ncn2C)N1CCC(C(=O)O)CC1. The smallest absolute Gasteiger partial charge is 0.306 e. The largest absolute Gasteiger partial charge is 0.481 e. The van der Waals surface area contributed by atoms with Gasteiger partial charge in [-0.3, -0.25) is 14.5 Å². The molecule has 1 aliphatic heterocycles. The number of fused-ring (bicyclic) bond motifs is 1. The molecule has 1 unspecified atom stereocenters. The second kappa shape index (κ2) is 6.12. The molecule has 1 N–H and O–H groups in total. The number of carbonyl (C=O) groups excluding carboxylic acids is 1. The summed E-state index contributed by atoms with van der Waals surface area (Å²) in [7, 11) is 1.92. The maximum atomic E-state index is 12.7. The van der Waals surface area contributed by atoms with E-state index in [0.717, 1.165) is 11.0 Å². The van der Waals surface area contributed by atoms with Gasteiger partial charge in [-0.25, -0.2) is 4.98 Å². The molecule has 2 heterocycles. The minimum atomic E-state index is -0.732. The summed E-state index contributed by atoms with van der Waals surface area (Å²) in [6.45, 7) is 3.19. The van der Waals surface area contributed by atoms with Gasteiger partial charge in [0.1, 0.15) is 0 Å². The number of hydrogen-bond acceptors (Lipinski definition) is 4. The second-order valence-corrected chi connectivity index (χ2v) is 6.25. The Morgan fingerprint density at radius 3 is 2.65 bits per heavy atom. The fourth-order valence-corrected chi connectivity index (χ4v) is 3.23. The fraction of sp³-hybridized carbons (Fsp3) is 0.471. The van der Waals surface area contributed by atoms with E-state index in [9.17, 15) is 9.59 Å². The van der Waals surface area contributed by atoms with Crippen LogP contribution in [0.1, 0.15) is 30.1 Å². The average Bonchev–Trinajstić information content (AvgIpc) is 2.94. The molecule has 2 aromatic rings. The van der Waals surface area contributed by atoms with Crippen LogP contribution in [0.5, 0.6) is 0 Å². The van der Waals surface area contributed by atoms with E-state index in [1.54, 1.807) is 6.33 Å². The fourth-order valence-electron chi connectivity index (χ4n) is 3.23. The number of likely N-dealkylation sites (tertiary alicyclic amines) is 1. The number of aliphatic carboxylic acids is 1. The number of rotatable bonds is 4.